The number of ether oxygens (including phenoxy) is 1. The van der Waals surface area contributed by atoms with E-state index < -0.39 is 0 Å². The zero-order valence-electron chi connectivity index (χ0n) is 20.9. The van der Waals surface area contributed by atoms with Crippen molar-refractivity contribution in [3.63, 3.8) is 0 Å². The second-order valence-electron chi connectivity index (χ2n) is 10.5. The molecule has 2 aliphatic heterocycles. The van der Waals surface area contributed by atoms with Crippen LogP contribution < -0.4 is 0 Å². The smallest absolute Gasteiger partial charge is 0.274 e. The third-order valence-electron chi connectivity index (χ3n) is 7.58. The Kier molecular flexibility index (Phi) is 6.66. The van der Waals surface area contributed by atoms with Crippen molar-refractivity contribution in [3.05, 3.63) is 52.1 Å². The van der Waals surface area contributed by atoms with Crippen molar-refractivity contribution in [1.82, 2.24) is 19.6 Å². The van der Waals surface area contributed by atoms with Gasteiger partial charge in [-0.1, -0.05) is 6.07 Å². The monoisotopic (exact) mass is 482 g/mol. The summed E-state index contributed by atoms with van der Waals surface area (Å²) in [4.78, 5) is 30.2. The largest absolute Gasteiger partial charge is 0.372 e. The highest BCUT2D eigenvalue weighted by molar-refractivity contribution is 5.94. The SMILES string of the molecule is Cc1cc(F)cc(C2CCN(C(=O)Cn3nc(C(=O)N4C[C@@H](C)O[C@@H](C)C4)c4c3CCC4)CC2)c1. The van der Waals surface area contributed by atoms with Gasteiger partial charge in [-0.15, -0.1) is 0 Å². The minimum absolute atomic E-state index is 0.00127. The fraction of sp³-hybridized carbons (Fsp3) is 0.593. The van der Waals surface area contributed by atoms with Gasteiger partial charge in [0.1, 0.15) is 12.4 Å². The molecule has 0 bridgehead atoms. The summed E-state index contributed by atoms with van der Waals surface area (Å²) >= 11 is 0. The summed E-state index contributed by atoms with van der Waals surface area (Å²) < 4.78 is 21.4. The van der Waals surface area contributed by atoms with Crippen molar-refractivity contribution in [1.29, 1.82) is 0 Å². The Morgan fingerprint density at radius 1 is 1.06 bits per heavy atom. The topological polar surface area (TPSA) is 67.7 Å². The summed E-state index contributed by atoms with van der Waals surface area (Å²) in [6.45, 7) is 8.46. The lowest BCUT2D eigenvalue weighted by molar-refractivity contribution is -0.133. The van der Waals surface area contributed by atoms with Gasteiger partial charge >= 0.3 is 0 Å². The molecule has 35 heavy (non-hydrogen) atoms. The van der Waals surface area contributed by atoms with Crippen LogP contribution in [0.5, 0.6) is 0 Å². The van der Waals surface area contributed by atoms with Gasteiger partial charge in [-0.2, -0.15) is 5.10 Å². The molecule has 3 heterocycles. The van der Waals surface area contributed by atoms with Gasteiger partial charge in [0.15, 0.2) is 5.69 Å². The van der Waals surface area contributed by atoms with Crippen LogP contribution in [0.4, 0.5) is 4.39 Å². The van der Waals surface area contributed by atoms with Crippen LogP contribution in [0, 0.1) is 12.7 Å². The molecule has 1 aromatic heterocycles. The summed E-state index contributed by atoms with van der Waals surface area (Å²) in [7, 11) is 0. The Labute approximate surface area is 206 Å². The van der Waals surface area contributed by atoms with E-state index in [0.717, 1.165) is 54.5 Å². The van der Waals surface area contributed by atoms with Gasteiger partial charge in [-0.05, 0) is 82.1 Å². The van der Waals surface area contributed by atoms with Crippen LogP contribution in [0.15, 0.2) is 18.2 Å². The van der Waals surface area contributed by atoms with E-state index in [9.17, 15) is 14.0 Å². The first kappa shape index (κ1) is 24.0. The van der Waals surface area contributed by atoms with Crippen LogP contribution in [0.3, 0.4) is 0 Å². The molecule has 188 valence electrons. The Bertz CT molecular complexity index is 1090. The molecule has 2 aromatic rings. The van der Waals surface area contributed by atoms with E-state index in [0.29, 0.717) is 31.9 Å². The van der Waals surface area contributed by atoms with E-state index in [-0.39, 0.29) is 42.3 Å². The molecule has 8 heteroatoms. The van der Waals surface area contributed by atoms with Crippen molar-refractivity contribution in [2.24, 2.45) is 0 Å². The second kappa shape index (κ2) is 9.72. The first-order valence-corrected chi connectivity index (χ1v) is 12.9. The third kappa shape index (κ3) is 4.99. The molecule has 0 unspecified atom stereocenters. The first-order valence-electron chi connectivity index (χ1n) is 12.9. The summed E-state index contributed by atoms with van der Waals surface area (Å²) in [6.07, 6.45) is 4.30. The molecule has 0 spiro atoms. The van der Waals surface area contributed by atoms with Crippen LogP contribution in [0.2, 0.25) is 0 Å². The van der Waals surface area contributed by atoms with Crippen molar-refractivity contribution < 1.29 is 18.7 Å². The molecule has 2 amide bonds. The van der Waals surface area contributed by atoms with E-state index in [1.54, 1.807) is 16.8 Å². The lowest BCUT2D eigenvalue weighted by atomic mass is 9.88. The number of aromatic nitrogens is 2. The fourth-order valence-corrected chi connectivity index (χ4v) is 6.00. The molecular weight excluding hydrogens is 447 g/mol. The van der Waals surface area contributed by atoms with Crippen LogP contribution in [-0.4, -0.2) is 69.8 Å². The highest BCUT2D eigenvalue weighted by Crippen LogP contribution is 2.30. The van der Waals surface area contributed by atoms with Crippen molar-refractivity contribution in [3.8, 4) is 0 Å². The molecule has 0 N–H and O–H groups in total. The number of nitrogens with zero attached hydrogens (tertiary/aromatic N) is 4. The zero-order valence-corrected chi connectivity index (χ0v) is 20.9. The fourth-order valence-electron chi connectivity index (χ4n) is 6.00. The first-order chi connectivity index (χ1) is 16.8. The van der Waals surface area contributed by atoms with Crippen LogP contribution in [0.25, 0.3) is 0 Å². The predicted octanol–water partition coefficient (Wildman–Crippen LogP) is 3.47. The lowest BCUT2D eigenvalue weighted by Crippen LogP contribution is -2.48. The maximum absolute atomic E-state index is 13.8. The molecule has 1 aromatic carbocycles. The summed E-state index contributed by atoms with van der Waals surface area (Å²) in [5.41, 5.74) is 4.49. The van der Waals surface area contributed by atoms with Crippen LogP contribution >= 0.6 is 0 Å². The number of halogens is 1. The highest BCUT2D eigenvalue weighted by Gasteiger charge is 2.33. The van der Waals surface area contributed by atoms with Gasteiger partial charge < -0.3 is 14.5 Å². The van der Waals surface area contributed by atoms with E-state index >= 15 is 0 Å². The van der Waals surface area contributed by atoms with E-state index in [4.69, 9.17) is 4.74 Å². The van der Waals surface area contributed by atoms with Gasteiger partial charge in [-0.3, -0.25) is 14.3 Å². The second-order valence-corrected chi connectivity index (χ2v) is 10.5. The lowest BCUT2D eigenvalue weighted by Gasteiger charge is -2.35. The number of hydrogen-bond acceptors (Lipinski definition) is 4. The summed E-state index contributed by atoms with van der Waals surface area (Å²) in [6, 6.07) is 5.22. The van der Waals surface area contributed by atoms with E-state index in [2.05, 4.69) is 5.10 Å². The molecule has 5 rings (SSSR count). The molecule has 2 saturated heterocycles. The van der Waals surface area contributed by atoms with Crippen molar-refractivity contribution in [2.75, 3.05) is 26.2 Å². The van der Waals surface area contributed by atoms with Gasteiger partial charge in [0, 0.05) is 37.4 Å². The van der Waals surface area contributed by atoms with E-state index in [1.807, 2.05) is 36.6 Å². The predicted molar refractivity (Wildman–Crippen MR) is 130 cm³/mol. The molecular formula is C27H35FN4O3. The summed E-state index contributed by atoms with van der Waals surface area (Å²) in [5, 5.41) is 4.67. The summed E-state index contributed by atoms with van der Waals surface area (Å²) in [5.74, 6) is 0.0496. The van der Waals surface area contributed by atoms with Gasteiger partial charge in [-0.25, -0.2) is 4.39 Å². The number of rotatable bonds is 4. The van der Waals surface area contributed by atoms with Gasteiger partial charge in [0.05, 0.1) is 12.2 Å². The Balaban J connectivity index is 1.25. The van der Waals surface area contributed by atoms with Gasteiger partial charge in [0.25, 0.3) is 5.91 Å². The van der Waals surface area contributed by atoms with Gasteiger partial charge in [0.2, 0.25) is 5.91 Å². The maximum atomic E-state index is 13.8. The highest BCUT2D eigenvalue weighted by atomic mass is 19.1. The number of aryl methyl sites for hydroxylation is 1. The quantitative estimate of drug-likeness (QED) is 0.669. The zero-order chi connectivity index (χ0) is 24.7. The van der Waals surface area contributed by atoms with Crippen molar-refractivity contribution >= 4 is 11.8 Å². The minimum Gasteiger partial charge on any atom is -0.372 e. The third-order valence-corrected chi connectivity index (χ3v) is 7.58. The normalized spacial score (nSPS) is 23.0. The van der Waals surface area contributed by atoms with E-state index in [1.165, 1.54) is 0 Å². The number of carbonyl (C=O) groups is 2. The molecule has 7 nitrogen and oxygen atoms in total. The number of amides is 2. The molecule has 3 aliphatic rings. The molecule has 0 radical (unpaired) electrons. The number of carbonyl (C=O) groups excluding carboxylic acids is 2. The Hall–Kier alpha value is -2.74. The number of piperidine rings is 1. The standard InChI is InChI=1S/C27H35FN4O3/c1-17-11-21(13-22(28)12-17)20-7-9-30(10-8-20)25(33)16-32-24-6-4-5-23(24)26(29-32)27(34)31-14-18(2)35-19(3)15-31/h11-13,18-20H,4-10,14-16H2,1-3H3/t18-,19+. The average molecular weight is 483 g/mol. The number of morpholine rings is 1. The average Bonchev–Trinajstić information content (AvgIpc) is 3.41. The molecule has 1 aliphatic carbocycles. The Morgan fingerprint density at radius 3 is 2.46 bits per heavy atom. The van der Waals surface area contributed by atoms with Crippen molar-refractivity contribution in [2.45, 2.75) is 77.5 Å². The maximum Gasteiger partial charge on any atom is 0.274 e. The van der Waals surface area contributed by atoms with Crippen LogP contribution in [0.1, 0.15) is 71.9 Å². The molecule has 2 atom stereocenters. The number of fused-ring (bicyclic) bond motifs is 1. The van der Waals surface area contributed by atoms with Crippen LogP contribution in [-0.2, 0) is 28.9 Å². The Morgan fingerprint density at radius 2 is 1.77 bits per heavy atom. The minimum atomic E-state index is -0.197. The number of hydrogen-bond donors (Lipinski definition) is 0. The number of likely N-dealkylation sites (tertiary alicyclic amines) is 1. The molecule has 0 saturated carbocycles. The number of benzene rings is 1. The molecule has 2 fully saturated rings.